The van der Waals surface area contributed by atoms with Gasteiger partial charge in [0.25, 0.3) is 0 Å². The van der Waals surface area contributed by atoms with E-state index in [9.17, 15) is 34.8 Å². The van der Waals surface area contributed by atoms with E-state index in [0.29, 0.717) is 19.3 Å². The Morgan fingerprint density at radius 2 is 1.75 bits per heavy atom. The molecule has 1 rings (SSSR count). The first-order chi connectivity index (χ1) is 18.5. The molecular weight excluding hydrogens is 512 g/mol. The third kappa shape index (κ3) is 10.2. The molecule has 230 valence electrons. The van der Waals surface area contributed by atoms with Crippen molar-refractivity contribution in [2.24, 2.45) is 29.6 Å². The van der Waals surface area contributed by atoms with Gasteiger partial charge < -0.3 is 25.2 Å². The van der Waals surface area contributed by atoms with E-state index in [1.807, 2.05) is 46.8 Å². The fourth-order valence-electron chi connectivity index (χ4n) is 5.92. The highest BCUT2D eigenvalue weighted by molar-refractivity contribution is 5.97. The van der Waals surface area contributed by atoms with Crippen molar-refractivity contribution in [2.45, 2.75) is 131 Å². The summed E-state index contributed by atoms with van der Waals surface area (Å²) in [7, 11) is 0. The molecule has 1 unspecified atom stereocenters. The number of aliphatic hydroxyl groups excluding tert-OH is 3. The van der Waals surface area contributed by atoms with Gasteiger partial charge in [-0.25, -0.2) is 0 Å². The summed E-state index contributed by atoms with van der Waals surface area (Å²) in [5.74, 6) is -3.40. The number of ketones is 2. The van der Waals surface area contributed by atoms with Crippen LogP contribution in [0.15, 0.2) is 23.3 Å². The summed E-state index contributed by atoms with van der Waals surface area (Å²) in [6, 6.07) is 0. The van der Waals surface area contributed by atoms with Gasteiger partial charge in [-0.1, -0.05) is 64.8 Å². The maximum atomic E-state index is 12.8. The maximum Gasteiger partial charge on any atom is 0.313 e. The second kappa shape index (κ2) is 15.9. The van der Waals surface area contributed by atoms with Gasteiger partial charge in [-0.15, -0.1) is 0 Å². The molecule has 0 fully saturated rings. The van der Waals surface area contributed by atoms with Gasteiger partial charge in [0.2, 0.25) is 0 Å². The van der Waals surface area contributed by atoms with Crippen LogP contribution >= 0.6 is 0 Å². The second-order valence-electron chi connectivity index (χ2n) is 12.5. The van der Waals surface area contributed by atoms with E-state index in [-0.39, 0.29) is 30.5 Å². The van der Waals surface area contributed by atoms with Gasteiger partial charge in [-0.2, -0.15) is 0 Å². The summed E-state index contributed by atoms with van der Waals surface area (Å²) in [5.41, 5.74) is 0.223. The highest BCUT2D eigenvalue weighted by Gasteiger charge is 2.40. The van der Waals surface area contributed by atoms with Gasteiger partial charge in [-0.3, -0.25) is 14.4 Å². The van der Waals surface area contributed by atoms with Gasteiger partial charge in [0.15, 0.2) is 0 Å². The van der Waals surface area contributed by atoms with Gasteiger partial charge in [0, 0.05) is 36.5 Å². The molecule has 0 radical (unpaired) electrons. The standard InChI is InChI=1S/C32H54O8/c1-10-24-26(34)16-28(35)40-27(13-12-18(3)17-32(9,39)31(24)38)23(8)30(37)21(6)15-19(4)14-20(5)29(36)22(7)25(33)11-2/h12,14,20-24,27,29-31,36-39H,10-11,13,15-17H2,1-9H3/b18-12+,19-14+/t20-,21-,22-,23+,24?,27+,29+,30-,31-,32+/m0/s1. The largest absolute Gasteiger partial charge is 0.461 e. The zero-order valence-electron chi connectivity index (χ0n) is 26.0. The molecule has 1 aliphatic rings. The summed E-state index contributed by atoms with van der Waals surface area (Å²) >= 11 is 0. The first kappa shape index (κ1) is 36.2. The highest BCUT2D eigenvalue weighted by atomic mass is 16.5. The van der Waals surface area contributed by atoms with Crippen molar-refractivity contribution in [1.29, 1.82) is 0 Å². The van der Waals surface area contributed by atoms with E-state index in [0.717, 1.165) is 11.1 Å². The van der Waals surface area contributed by atoms with Crippen LogP contribution in [0, 0.1) is 29.6 Å². The zero-order chi connectivity index (χ0) is 30.9. The Balaban J connectivity index is 3.07. The minimum atomic E-state index is -1.54. The molecule has 1 aliphatic heterocycles. The van der Waals surface area contributed by atoms with Crippen LogP contribution in [0.5, 0.6) is 0 Å². The summed E-state index contributed by atoms with van der Waals surface area (Å²) in [5, 5.41) is 43.5. The number of rotatable bonds is 11. The Bertz CT molecular complexity index is 920. The molecule has 10 atom stereocenters. The molecule has 1 heterocycles. The predicted octanol–water partition coefficient (Wildman–Crippen LogP) is 4.32. The molecule has 8 nitrogen and oxygen atoms in total. The van der Waals surface area contributed by atoms with Crippen LogP contribution < -0.4 is 0 Å². The molecule has 0 saturated heterocycles. The van der Waals surface area contributed by atoms with Crippen LogP contribution in [0.4, 0.5) is 0 Å². The lowest BCUT2D eigenvalue weighted by Crippen LogP contribution is -2.47. The summed E-state index contributed by atoms with van der Waals surface area (Å²) in [6.07, 6.45) is 1.32. The van der Waals surface area contributed by atoms with Crippen molar-refractivity contribution in [3.63, 3.8) is 0 Å². The molecule has 40 heavy (non-hydrogen) atoms. The average molecular weight is 567 g/mol. The van der Waals surface area contributed by atoms with E-state index in [1.165, 1.54) is 6.92 Å². The lowest BCUT2D eigenvalue weighted by atomic mass is 9.79. The van der Waals surface area contributed by atoms with Crippen LogP contribution in [-0.2, 0) is 19.1 Å². The lowest BCUT2D eigenvalue weighted by Gasteiger charge is -2.35. The fraction of sp³-hybridized carbons (Fsp3) is 0.781. The third-order valence-electron chi connectivity index (χ3n) is 8.62. The van der Waals surface area contributed by atoms with Crippen LogP contribution in [0.25, 0.3) is 0 Å². The van der Waals surface area contributed by atoms with E-state index in [1.54, 1.807) is 20.8 Å². The van der Waals surface area contributed by atoms with Crippen LogP contribution in [-0.4, -0.2) is 68.0 Å². The number of aliphatic hydroxyl groups is 4. The highest BCUT2D eigenvalue weighted by Crippen LogP contribution is 2.31. The average Bonchev–Trinajstić information content (AvgIpc) is 2.87. The predicted molar refractivity (Wildman–Crippen MR) is 155 cm³/mol. The molecule has 0 aliphatic carbocycles. The topological polar surface area (TPSA) is 141 Å². The Hall–Kier alpha value is -1.87. The summed E-state index contributed by atoms with van der Waals surface area (Å²) in [6.45, 7) is 16.1. The van der Waals surface area contributed by atoms with Crippen molar-refractivity contribution in [3.05, 3.63) is 23.3 Å². The molecule has 0 aromatic rings. The minimum Gasteiger partial charge on any atom is -0.461 e. The number of ether oxygens (including phenoxy) is 1. The Labute approximate surface area is 240 Å². The second-order valence-corrected chi connectivity index (χ2v) is 12.5. The monoisotopic (exact) mass is 566 g/mol. The van der Waals surface area contributed by atoms with Crippen molar-refractivity contribution >= 4 is 17.5 Å². The number of carbonyl (C=O) groups excluding carboxylic acids is 3. The van der Waals surface area contributed by atoms with E-state index < -0.39 is 65.9 Å². The fourth-order valence-corrected chi connectivity index (χ4v) is 5.92. The molecule has 0 aromatic heterocycles. The molecule has 4 N–H and O–H groups in total. The van der Waals surface area contributed by atoms with Gasteiger partial charge >= 0.3 is 5.97 Å². The molecule has 0 spiro atoms. The van der Waals surface area contributed by atoms with Gasteiger partial charge in [0.1, 0.15) is 24.1 Å². The van der Waals surface area contributed by atoms with Crippen LogP contribution in [0.1, 0.15) is 101 Å². The molecule has 8 heteroatoms. The smallest absolute Gasteiger partial charge is 0.313 e. The van der Waals surface area contributed by atoms with E-state index >= 15 is 0 Å². The van der Waals surface area contributed by atoms with Crippen molar-refractivity contribution in [2.75, 3.05) is 0 Å². The molecular formula is C32H54O8. The molecule has 0 aromatic carbocycles. The first-order valence-corrected chi connectivity index (χ1v) is 14.8. The van der Waals surface area contributed by atoms with E-state index in [2.05, 4.69) is 0 Å². The number of cyclic esters (lactones) is 1. The Kier molecular flexibility index (Phi) is 14.4. The van der Waals surface area contributed by atoms with Crippen molar-refractivity contribution < 1.29 is 39.5 Å². The number of hydrogen-bond donors (Lipinski definition) is 4. The minimum absolute atomic E-state index is 0.0191. The SMILES string of the molecule is CCC(=O)[C@H](C)[C@H](O)[C@@H](C)/C=C(\C)C[C@H](C)[C@H](O)[C@H](C)[C@H]1C/C=C(\C)C[C@@](C)(O)[C@@H](O)C(CC)C(=O)CC(=O)O1. The van der Waals surface area contributed by atoms with E-state index in [4.69, 9.17) is 4.74 Å². The number of allylic oxidation sites excluding steroid dienone is 1. The van der Waals surface area contributed by atoms with Gasteiger partial charge in [0.05, 0.1) is 23.9 Å². The van der Waals surface area contributed by atoms with Crippen LogP contribution in [0.2, 0.25) is 0 Å². The molecule has 0 bridgehead atoms. The lowest BCUT2D eigenvalue weighted by molar-refractivity contribution is -0.158. The number of carbonyl (C=O) groups is 3. The van der Waals surface area contributed by atoms with Crippen molar-refractivity contribution in [3.8, 4) is 0 Å². The van der Waals surface area contributed by atoms with Gasteiger partial charge in [-0.05, 0) is 46.0 Å². The Morgan fingerprint density at radius 1 is 1.15 bits per heavy atom. The third-order valence-corrected chi connectivity index (χ3v) is 8.62. The normalized spacial score (nSPS) is 31.4. The maximum absolute atomic E-state index is 12.8. The number of hydrogen-bond acceptors (Lipinski definition) is 8. The molecule has 0 saturated carbocycles. The van der Waals surface area contributed by atoms with Crippen molar-refractivity contribution in [1.82, 2.24) is 0 Å². The summed E-state index contributed by atoms with van der Waals surface area (Å²) < 4.78 is 5.73. The number of Topliss-reactive ketones (excluding diaryl/α,β-unsaturated/α-hetero) is 2. The summed E-state index contributed by atoms with van der Waals surface area (Å²) in [4.78, 5) is 37.6. The zero-order valence-corrected chi connectivity index (χ0v) is 26.0. The Morgan fingerprint density at radius 3 is 2.30 bits per heavy atom. The quantitative estimate of drug-likeness (QED) is 0.165. The van der Waals surface area contributed by atoms with Crippen LogP contribution in [0.3, 0.4) is 0 Å². The molecule has 0 amide bonds. The number of esters is 1. The first-order valence-electron chi connectivity index (χ1n) is 14.8.